The number of carbonyl (C=O) groups excluding carboxylic acids is 2. The summed E-state index contributed by atoms with van der Waals surface area (Å²) in [5.41, 5.74) is 1.20. The Morgan fingerprint density at radius 1 is 1.28 bits per heavy atom. The number of ether oxygens (including phenoxy) is 1. The monoisotopic (exact) mass is 491 g/mol. The molecule has 1 fully saturated rings. The molecule has 10 heteroatoms. The smallest absolute Gasteiger partial charge is 0.338 e. The lowest BCUT2D eigenvalue weighted by Crippen LogP contribution is -2.44. The van der Waals surface area contributed by atoms with Crippen molar-refractivity contribution in [2.45, 2.75) is 19.4 Å². The number of nitrogens with zero attached hydrogens (tertiary/aromatic N) is 1. The molecule has 1 aromatic heterocycles. The standard InChI is InChI=1S/C22H21NO6S3/c1-3-28-21(27)14-6-4-13(5-7-14)17-9-8-15(29-17)12-18-19(24)23(22(30)32-18)16(20(25)26)10-11-31-2/h4-9,12,16H,3,10-11H2,1-2H3,(H,25,26)/b18-12-. The van der Waals surface area contributed by atoms with E-state index in [0.29, 0.717) is 40.8 Å². The van der Waals surface area contributed by atoms with Crippen LogP contribution in [0, 0.1) is 0 Å². The van der Waals surface area contributed by atoms with Gasteiger partial charge in [0.1, 0.15) is 21.9 Å². The minimum Gasteiger partial charge on any atom is -0.480 e. The molecule has 0 saturated carbocycles. The first-order valence-electron chi connectivity index (χ1n) is 9.72. The highest BCUT2D eigenvalue weighted by Gasteiger charge is 2.40. The van der Waals surface area contributed by atoms with Crippen LogP contribution in [-0.2, 0) is 14.3 Å². The number of thioether (sulfide) groups is 2. The van der Waals surface area contributed by atoms with E-state index in [-0.39, 0.29) is 4.32 Å². The molecule has 2 aromatic rings. The van der Waals surface area contributed by atoms with Gasteiger partial charge in [-0.15, -0.1) is 0 Å². The molecule has 1 aromatic carbocycles. The Morgan fingerprint density at radius 2 is 2.00 bits per heavy atom. The molecule has 1 aliphatic heterocycles. The van der Waals surface area contributed by atoms with Crippen LogP contribution < -0.4 is 0 Å². The molecule has 7 nitrogen and oxygen atoms in total. The predicted molar refractivity (Wildman–Crippen MR) is 130 cm³/mol. The minimum absolute atomic E-state index is 0.219. The van der Waals surface area contributed by atoms with Crippen LogP contribution in [0.1, 0.15) is 29.5 Å². The summed E-state index contributed by atoms with van der Waals surface area (Å²) in [6.45, 7) is 2.05. The number of carbonyl (C=O) groups is 3. The average Bonchev–Trinajstić information content (AvgIpc) is 3.34. The number of hydrogen-bond donors (Lipinski definition) is 1. The van der Waals surface area contributed by atoms with E-state index in [9.17, 15) is 19.5 Å². The highest BCUT2D eigenvalue weighted by molar-refractivity contribution is 8.26. The normalized spacial score (nSPS) is 15.9. The zero-order chi connectivity index (χ0) is 23.3. The van der Waals surface area contributed by atoms with Crippen LogP contribution in [0.2, 0.25) is 0 Å². The largest absolute Gasteiger partial charge is 0.480 e. The Labute approximate surface area is 199 Å². The van der Waals surface area contributed by atoms with Gasteiger partial charge in [-0.05, 0) is 49.6 Å². The Kier molecular flexibility index (Phi) is 8.16. The van der Waals surface area contributed by atoms with Crippen molar-refractivity contribution >= 4 is 64.0 Å². The Morgan fingerprint density at radius 3 is 2.62 bits per heavy atom. The number of rotatable bonds is 9. The second kappa shape index (κ2) is 10.8. The highest BCUT2D eigenvalue weighted by atomic mass is 32.2. The first kappa shape index (κ1) is 24.1. The maximum Gasteiger partial charge on any atom is 0.338 e. The molecule has 32 heavy (non-hydrogen) atoms. The number of aliphatic carboxylic acids is 1. The van der Waals surface area contributed by atoms with Crippen LogP contribution >= 0.6 is 35.7 Å². The fraction of sp³-hybridized carbons (Fsp3) is 0.273. The van der Waals surface area contributed by atoms with Gasteiger partial charge in [0.05, 0.1) is 17.1 Å². The molecule has 0 bridgehead atoms. The summed E-state index contributed by atoms with van der Waals surface area (Å²) >= 11 is 7.85. The van der Waals surface area contributed by atoms with Crippen LogP contribution in [-0.4, -0.2) is 56.8 Å². The van der Waals surface area contributed by atoms with E-state index in [1.54, 1.807) is 49.4 Å². The third-order valence-electron chi connectivity index (χ3n) is 4.60. The lowest BCUT2D eigenvalue weighted by Gasteiger charge is -2.22. The summed E-state index contributed by atoms with van der Waals surface area (Å²) in [7, 11) is 0. The van der Waals surface area contributed by atoms with E-state index in [2.05, 4.69) is 0 Å². The maximum atomic E-state index is 12.9. The molecule has 1 aliphatic rings. The molecule has 0 aliphatic carbocycles. The van der Waals surface area contributed by atoms with E-state index in [0.717, 1.165) is 17.3 Å². The highest BCUT2D eigenvalue weighted by Crippen LogP contribution is 2.35. The van der Waals surface area contributed by atoms with Crippen molar-refractivity contribution in [3.05, 3.63) is 52.6 Å². The number of esters is 1. The molecule has 2 heterocycles. The van der Waals surface area contributed by atoms with Gasteiger partial charge in [0.25, 0.3) is 5.91 Å². The van der Waals surface area contributed by atoms with Gasteiger partial charge in [-0.1, -0.05) is 36.1 Å². The number of furan rings is 1. The quantitative estimate of drug-likeness (QED) is 0.308. The molecule has 1 unspecified atom stereocenters. The van der Waals surface area contributed by atoms with Gasteiger partial charge in [0.2, 0.25) is 0 Å². The second-order valence-electron chi connectivity index (χ2n) is 6.69. The summed E-state index contributed by atoms with van der Waals surface area (Å²) in [6, 6.07) is 9.27. The molecule has 168 valence electrons. The minimum atomic E-state index is -1.08. The van der Waals surface area contributed by atoms with Gasteiger partial charge in [0.15, 0.2) is 0 Å². The van der Waals surface area contributed by atoms with Gasteiger partial charge in [-0.2, -0.15) is 11.8 Å². The van der Waals surface area contributed by atoms with E-state index >= 15 is 0 Å². The lowest BCUT2D eigenvalue weighted by molar-refractivity contribution is -0.145. The molecular formula is C22H21NO6S3. The Bertz CT molecular complexity index is 1060. The van der Waals surface area contributed by atoms with Crippen molar-refractivity contribution in [3.63, 3.8) is 0 Å². The van der Waals surface area contributed by atoms with E-state index in [1.165, 1.54) is 16.7 Å². The number of benzene rings is 1. The number of carboxylic acid groups (broad SMARTS) is 1. The van der Waals surface area contributed by atoms with Crippen molar-refractivity contribution in [3.8, 4) is 11.3 Å². The summed E-state index contributed by atoms with van der Waals surface area (Å²) in [5, 5.41) is 9.55. The fourth-order valence-corrected chi connectivity index (χ4v) is 4.84. The molecule has 1 atom stereocenters. The maximum absolute atomic E-state index is 12.9. The molecule has 0 spiro atoms. The predicted octanol–water partition coefficient (Wildman–Crippen LogP) is 4.53. The van der Waals surface area contributed by atoms with Crippen molar-refractivity contribution < 1.29 is 28.6 Å². The van der Waals surface area contributed by atoms with Crippen molar-refractivity contribution in [1.82, 2.24) is 4.90 Å². The lowest BCUT2D eigenvalue weighted by atomic mass is 10.1. The summed E-state index contributed by atoms with van der Waals surface area (Å²) < 4.78 is 11.0. The topological polar surface area (TPSA) is 97.0 Å². The third kappa shape index (κ3) is 5.43. The van der Waals surface area contributed by atoms with Crippen LogP contribution in [0.4, 0.5) is 0 Å². The first-order chi connectivity index (χ1) is 15.3. The molecule has 1 saturated heterocycles. The fourth-order valence-electron chi connectivity index (χ4n) is 3.04. The van der Waals surface area contributed by atoms with Gasteiger partial charge >= 0.3 is 11.9 Å². The molecule has 0 radical (unpaired) electrons. The number of amides is 1. The second-order valence-corrected chi connectivity index (χ2v) is 9.35. The SMILES string of the molecule is CCOC(=O)c1ccc(-c2ccc(/C=C3\SC(=S)N(C(CCSC)C(=O)O)C3=O)o2)cc1. The van der Waals surface area contributed by atoms with Crippen molar-refractivity contribution in [2.75, 3.05) is 18.6 Å². The first-order valence-corrected chi connectivity index (χ1v) is 12.3. The zero-order valence-electron chi connectivity index (χ0n) is 17.4. The van der Waals surface area contributed by atoms with Crippen LogP contribution in [0.15, 0.2) is 45.7 Å². The van der Waals surface area contributed by atoms with E-state index < -0.39 is 23.9 Å². The summed E-state index contributed by atoms with van der Waals surface area (Å²) in [4.78, 5) is 37.8. The Hall–Kier alpha value is -2.56. The van der Waals surface area contributed by atoms with Crippen LogP contribution in [0.5, 0.6) is 0 Å². The molecule has 3 rings (SSSR count). The number of thiocarbonyl (C=S) groups is 1. The summed E-state index contributed by atoms with van der Waals surface area (Å²) in [6.07, 6.45) is 3.74. The van der Waals surface area contributed by atoms with Gasteiger partial charge in [-0.3, -0.25) is 9.69 Å². The summed E-state index contributed by atoms with van der Waals surface area (Å²) in [5.74, 6) is -0.313. The van der Waals surface area contributed by atoms with E-state index in [1.807, 2.05) is 6.26 Å². The van der Waals surface area contributed by atoms with Gasteiger partial charge < -0.3 is 14.3 Å². The zero-order valence-corrected chi connectivity index (χ0v) is 19.9. The van der Waals surface area contributed by atoms with Crippen molar-refractivity contribution in [2.24, 2.45) is 0 Å². The molecule has 1 amide bonds. The van der Waals surface area contributed by atoms with Crippen molar-refractivity contribution in [1.29, 1.82) is 0 Å². The number of hydrogen-bond acceptors (Lipinski definition) is 8. The van der Waals surface area contributed by atoms with Gasteiger partial charge in [-0.25, -0.2) is 9.59 Å². The van der Waals surface area contributed by atoms with Gasteiger partial charge in [0, 0.05) is 11.6 Å². The number of carboxylic acids is 1. The third-order valence-corrected chi connectivity index (χ3v) is 6.57. The van der Waals surface area contributed by atoms with Crippen LogP contribution in [0.3, 0.4) is 0 Å². The molecule has 1 N–H and O–H groups in total. The average molecular weight is 492 g/mol. The van der Waals surface area contributed by atoms with Crippen LogP contribution in [0.25, 0.3) is 17.4 Å². The molecular weight excluding hydrogens is 470 g/mol. The Balaban J connectivity index is 1.77. The van der Waals surface area contributed by atoms with E-state index in [4.69, 9.17) is 21.4 Å².